The Morgan fingerprint density at radius 3 is 2.61 bits per heavy atom. The molecular weight excluding hydrogens is 230 g/mol. The first-order chi connectivity index (χ1) is 8.56. The second-order valence-corrected chi connectivity index (χ2v) is 4.44. The number of hydrogen-bond donors (Lipinski definition) is 2. The van der Waals surface area contributed by atoms with Crippen molar-refractivity contribution in [3.05, 3.63) is 35.9 Å². The van der Waals surface area contributed by atoms with Crippen LogP contribution in [0, 0.1) is 0 Å². The fraction of sp³-hybridized carbons (Fsp3) is 0.500. The Labute approximate surface area is 108 Å². The summed E-state index contributed by atoms with van der Waals surface area (Å²) in [5, 5.41) is 9.79. The molecular formula is C14H21NO3. The largest absolute Gasteiger partial charge is 0.458 e. The van der Waals surface area contributed by atoms with E-state index in [0.29, 0.717) is 6.42 Å². The molecule has 0 spiro atoms. The van der Waals surface area contributed by atoms with E-state index < -0.39 is 11.7 Å². The molecule has 1 aromatic rings. The maximum absolute atomic E-state index is 11.6. The molecule has 1 unspecified atom stereocenters. The number of benzene rings is 1. The molecule has 0 aliphatic heterocycles. The van der Waals surface area contributed by atoms with Gasteiger partial charge >= 0.3 is 5.97 Å². The molecule has 18 heavy (non-hydrogen) atoms. The Kier molecular flexibility index (Phi) is 5.82. The lowest BCUT2D eigenvalue weighted by Crippen LogP contribution is -2.48. The number of unbranched alkanes of at least 4 members (excludes halogenated alkanes) is 2. The van der Waals surface area contributed by atoms with Crippen LogP contribution in [0.2, 0.25) is 0 Å². The lowest BCUT2D eigenvalue weighted by molar-refractivity contribution is -0.167. The fourth-order valence-corrected chi connectivity index (χ4v) is 1.59. The van der Waals surface area contributed by atoms with E-state index in [9.17, 15) is 9.90 Å². The summed E-state index contributed by atoms with van der Waals surface area (Å²) in [7, 11) is 0. The van der Waals surface area contributed by atoms with Gasteiger partial charge in [0, 0.05) is 6.42 Å². The number of aliphatic hydroxyl groups is 1. The van der Waals surface area contributed by atoms with Gasteiger partial charge in [-0.2, -0.15) is 0 Å². The average Bonchev–Trinajstić information content (AvgIpc) is 2.37. The molecule has 0 bridgehead atoms. The van der Waals surface area contributed by atoms with Crippen molar-refractivity contribution in [1.29, 1.82) is 0 Å². The first kappa shape index (κ1) is 14.7. The van der Waals surface area contributed by atoms with Crippen molar-refractivity contribution in [1.82, 2.24) is 0 Å². The van der Waals surface area contributed by atoms with Crippen LogP contribution in [0.5, 0.6) is 0 Å². The highest BCUT2D eigenvalue weighted by Crippen LogP contribution is 2.12. The zero-order valence-corrected chi connectivity index (χ0v) is 10.8. The van der Waals surface area contributed by atoms with Gasteiger partial charge < -0.3 is 9.84 Å². The van der Waals surface area contributed by atoms with Crippen LogP contribution < -0.4 is 5.73 Å². The lowest BCUT2D eigenvalue weighted by Gasteiger charge is -2.20. The van der Waals surface area contributed by atoms with E-state index in [0.717, 1.165) is 18.4 Å². The first-order valence-electron chi connectivity index (χ1n) is 6.28. The third-order valence-electron chi connectivity index (χ3n) is 2.73. The lowest BCUT2D eigenvalue weighted by atomic mass is 10.1. The summed E-state index contributed by atoms with van der Waals surface area (Å²) in [6.45, 7) is 2.18. The maximum Gasteiger partial charge on any atom is 0.353 e. The Morgan fingerprint density at radius 1 is 1.33 bits per heavy atom. The summed E-state index contributed by atoms with van der Waals surface area (Å²) < 4.78 is 5.01. The minimum Gasteiger partial charge on any atom is -0.458 e. The van der Waals surface area contributed by atoms with Gasteiger partial charge in [-0.1, -0.05) is 50.1 Å². The summed E-state index contributed by atoms with van der Waals surface area (Å²) in [5.41, 5.74) is 4.55. The first-order valence-corrected chi connectivity index (χ1v) is 6.28. The fourth-order valence-electron chi connectivity index (χ4n) is 1.59. The number of carbonyl (C=O) groups is 1. The second kappa shape index (κ2) is 7.13. The second-order valence-electron chi connectivity index (χ2n) is 4.44. The Hall–Kier alpha value is -1.39. The van der Waals surface area contributed by atoms with Crippen molar-refractivity contribution in [2.45, 2.75) is 44.9 Å². The van der Waals surface area contributed by atoms with Crippen LogP contribution in [0.15, 0.2) is 30.3 Å². The van der Waals surface area contributed by atoms with Crippen LogP contribution in [-0.4, -0.2) is 16.8 Å². The van der Waals surface area contributed by atoms with Crippen LogP contribution in [0.1, 0.15) is 38.2 Å². The molecule has 100 valence electrons. The van der Waals surface area contributed by atoms with E-state index in [-0.39, 0.29) is 13.0 Å². The quantitative estimate of drug-likeness (QED) is 0.441. The van der Waals surface area contributed by atoms with E-state index in [4.69, 9.17) is 10.5 Å². The van der Waals surface area contributed by atoms with E-state index >= 15 is 0 Å². The SMILES string of the molecule is CCCCCC(N)(O)C(=O)OCc1ccccc1. The van der Waals surface area contributed by atoms with E-state index in [1.165, 1.54) is 0 Å². The van der Waals surface area contributed by atoms with Gasteiger partial charge in [0.2, 0.25) is 5.72 Å². The molecule has 1 aromatic carbocycles. The monoisotopic (exact) mass is 251 g/mol. The third kappa shape index (κ3) is 4.85. The molecule has 4 heteroatoms. The van der Waals surface area contributed by atoms with Crippen molar-refractivity contribution < 1.29 is 14.6 Å². The van der Waals surface area contributed by atoms with Gasteiger partial charge in [-0.05, 0) is 12.0 Å². The summed E-state index contributed by atoms with van der Waals surface area (Å²) in [6.07, 6.45) is 2.89. The van der Waals surface area contributed by atoms with Crippen molar-refractivity contribution in [2.24, 2.45) is 5.73 Å². The standard InChI is InChI=1S/C14H21NO3/c1-2-3-7-10-14(15,17)13(16)18-11-12-8-5-4-6-9-12/h4-6,8-9,17H,2-3,7,10-11,15H2,1H3. The van der Waals surface area contributed by atoms with Crippen LogP contribution in [0.25, 0.3) is 0 Å². The smallest absolute Gasteiger partial charge is 0.353 e. The van der Waals surface area contributed by atoms with Crippen molar-refractivity contribution >= 4 is 5.97 Å². The summed E-state index contributed by atoms with van der Waals surface area (Å²) in [5.74, 6) is -0.762. The highest BCUT2D eigenvalue weighted by atomic mass is 16.6. The van der Waals surface area contributed by atoms with E-state index in [1.54, 1.807) is 0 Å². The molecule has 4 nitrogen and oxygen atoms in total. The maximum atomic E-state index is 11.6. The molecule has 1 rings (SSSR count). The summed E-state index contributed by atoms with van der Waals surface area (Å²) >= 11 is 0. The predicted octanol–water partition coefficient (Wildman–Crippen LogP) is 1.96. The topological polar surface area (TPSA) is 72.5 Å². The number of nitrogens with two attached hydrogens (primary N) is 1. The third-order valence-corrected chi connectivity index (χ3v) is 2.73. The molecule has 0 saturated carbocycles. The van der Waals surface area contributed by atoms with Crippen LogP contribution in [0.3, 0.4) is 0 Å². The minimum atomic E-state index is -1.87. The molecule has 0 amide bonds. The van der Waals surface area contributed by atoms with Gasteiger partial charge in [0.15, 0.2) is 0 Å². The van der Waals surface area contributed by atoms with E-state index in [2.05, 4.69) is 0 Å². The van der Waals surface area contributed by atoms with Gasteiger partial charge in [-0.25, -0.2) is 4.79 Å². The molecule has 1 atom stereocenters. The van der Waals surface area contributed by atoms with Gasteiger partial charge in [0.1, 0.15) is 6.61 Å². The molecule has 0 radical (unpaired) electrons. The summed E-state index contributed by atoms with van der Waals surface area (Å²) in [4.78, 5) is 11.6. The van der Waals surface area contributed by atoms with Gasteiger partial charge in [-0.3, -0.25) is 5.73 Å². The Balaban J connectivity index is 2.39. The van der Waals surface area contributed by atoms with Crippen molar-refractivity contribution in [3.63, 3.8) is 0 Å². The van der Waals surface area contributed by atoms with Crippen molar-refractivity contribution in [2.75, 3.05) is 0 Å². The summed E-state index contributed by atoms with van der Waals surface area (Å²) in [6, 6.07) is 9.30. The number of esters is 1. The van der Waals surface area contributed by atoms with Crippen molar-refractivity contribution in [3.8, 4) is 0 Å². The number of carbonyl (C=O) groups excluding carboxylic acids is 1. The predicted molar refractivity (Wildman–Crippen MR) is 69.5 cm³/mol. The van der Waals surface area contributed by atoms with Gasteiger partial charge in [-0.15, -0.1) is 0 Å². The highest BCUT2D eigenvalue weighted by Gasteiger charge is 2.32. The Bertz CT molecular complexity index is 363. The van der Waals surface area contributed by atoms with Crippen LogP contribution in [0.4, 0.5) is 0 Å². The molecule has 0 saturated heterocycles. The molecule has 0 aliphatic rings. The zero-order chi connectivity index (χ0) is 13.4. The molecule has 0 heterocycles. The zero-order valence-electron chi connectivity index (χ0n) is 10.8. The highest BCUT2D eigenvalue weighted by molar-refractivity contribution is 5.78. The van der Waals surface area contributed by atoms with Crippen LogP contribution >= 0.6 is 0 Å². The number of hydrogen-bond acceptors (Lipinski definition) is 4. The molecule has 0 fully saturated rings. The normalized spacial score (nSPS) is 13.9. The molecule has 3 N–H and O–H groups in total. The number of ether oxygens (including phenoxy) is 1. The average molecular weight is 251 g/mol. The van der Waals surface area contributed by atoms with Gasteiger partial charge in [0.25, 0.3) is 0 Å². The molecule has 0 aliphatic carbocycles. The minimum absolute atomic E-state index is 0.132. The molecule has 0 aromatic heterocycles. The van der Waals surface area contributed by atoms with Crippen LogP contribution in [-0.2, 0) is 16.1 Å². The Morgan fingerprint density at radius 2 is 2.00 bits per heavy atom. The van der Waals surface area contributed by atoms with E-state index in [1.807, 2.05) is 37.3 Å². The van der Waals surface area contributed by atoms with Gasteiger partial charge in [0.05, 0.1) is 0 Å². The number of rotatable bonds is 7.